The van der Waals surface area contributed by atoms with Gasteiger partial charge in [0.15, 0.2) is 16.3 Å². The van der Waals surface area contributed by atoms with Gasteiger partial charge in [0.05, 0.1) is 12.3 Å². The van der Waals surface area contributed by atoms with E-state index in [9.17, 15) is 14.4 Å². The number of aromatic nitrogens is 4. The maximum absolute atomic E-state index is 12.9. The van der Waals surface area contributed by atoms with Gasteiger partial charge in [0.25, 0.3) is 5.56 Å². The van der Waals surface area contributed by atoms with Crippen molar-refractivity contribution in [2.75, 3.05) is 5.75 Å². The van der Waals surface area contributed by atoms with Crippen molar-refractivity contribution in [3.63, 3.8) is 0 Å². The lowest BCUT2D eigenvalue weighted by Crippen LogP contribution is -2.39. The molecule has 0 fully saturated rings. The van der Waals surface area contributed by atoms with Gasteiger partial charge in [-0.05, 0) is 17.7 Å². The molecule has 0 unspecified atom stereocenters. The first-order valence-corrected chi connectivity index (χ1v) is 8.91. The fourth-order valence-electron chi connectivity index (χ4n) is 2.59. The Labute approximate surface area is 156 Å². The number of aliphatic carboxylic acids is 1. The van der Waals surface area contributed by atoms with E-state index in [1.54, 1.807) is 31.3 Å². The third-order valence-electron chi connectivity index (χ3n) is 3.90. The molecule has 0 bridgehead atoms. The lowest BCUT2D eigenvalue weighted by atomic mass is 10.2. The molecule has 136 valence electrons. The highest BCUT2D eigenvalue weighted by atomic mass is 35.5. The number of hydrogen-bond donors (Lipinski definition) is 1. The molecule has 1 aromatic carbocycles. The van der Waals surface area contributed by atoms with Gasteiger partial charge in [-0.2, -0.15) is 0 Å². The van der Waals surface area contributed by atoms with E-state index in [0.29, 0.717) is 10.2 Å². The van der Waals surface area contributed by atoms with Crippen LogP contribution in [0.3, 0.4) is 0 Å². The van der Waals surface area contributed by atoms with Crippen molar-refractivity contribution < 1.29 is 9.90 Å². The molecule has 0 aliphatic rings. The molecule has 0 amide bonds. The Balaban J connectivity index is 2.14. The number of halogens is 1. The summed E-state index contributed by atoms with van der Waals surface area (Å²) in [6, 6.07) is 6.87. The van der Waals surface area contributed by atoms with Crippen molar-refractivity contribution >= 4 is 40.5 Å². The smallest absolute Gasteiger partial charge is 0.332 e. The molecule has 0 aliphatic carbocycles. The third kappa shape index (κ3) is 3.27. The van der Waals surface area contributed by atoms with Gasteiger partial charge >= 0.3 is 11.7 Å². The van der Waals surface area contributed by atoms with E-state index in [0.717, 1.165) is 21.9 Å². The minimum absolute atomic E-state index is 0.0986. The SMILES string of the molecule is Cn1c(SCC(=O)O)nc2c1c(=O)n(Cc1ccc(Cl)cc1)c(=O)n2C. The molecular weight excluding hydrogens is 380 g/mol. The van der Waals surface area contributed by atoms with Crippen LogP contribution >= 0.6 is 23.4 Å². The Morgan fingerprint density at radius 3 is 2.46 bits per heavy atom. The molecule has 0 spiro atoms. The van der Waals surface area contributed by atoms with Crippen LogP contribution in [0.5, 0.6) is 0 Å². The number of benzene rings is 1. The Hall–Kier alpha value is -2.52. The highest BCUT2D eigenvalue weighted by molar-refractivity contribution is 7.99. The average Bonchev–Trinajstić information content (AvgIpc) is 2.93. The van der Waals surface area contributed by atoms with Crippen LogP contribution in [0.15, 0.2) is 39.0 Å². The van der Waals surface area contributed by atoms with Gasteiger partial charge in [-0.25, -0.2) is 9.78 Å². The summed E-state index contributed by atoms with van der Waals surface area (Å²) in [5.74, 6) is -1.18. The van der Waals surface area contributed by atoms with Crippen LogP contribution in [0, 0.1) is 0 Å². The van der Waals surface area contributed by atoms with Crippen molar-refractivity contribution in [1.29, 1.82) is 0 Å². The Morgan fingerprint density at radius 2 is 1.85 bits per heavy atom. The van der Waals surface area contributed by atoms with E-state index >= 15 is 0 Å². The molecule has 2 aromatic heterocycles. The van der Waals surface area contributed by atoms with Gasteiger partial charge in [-0.15, -0.1) is 0 Å². The Bertz CT molecular complexity index is 1110. The number of imidazole rings is 1. The molecule has 3 rings (SSSR count). The highest BCUT2D eigenvalue weighted by Gasteiger charge is 2.19. The Morgan fingerprint density at radius 1 is 1.19 bits per heavy atom. The van der Waals surface area contributed by atoms with E-state index < -0.39 is 17.2 Å². The lowest BCUT2D eigenvalue weighted by molar-refractivity contribution is -0.133. The third-order valence-corrected chi connectivity index (χ3v) is 5.16. The molecule has 0 aliphatic heterocycles. The van der Waals surface area contributed by atoms with Gasteiger partial charge in [-0.1, -0.05) is 35.5 Å². The van der Waals surface area contributed by atoms with Crippen LogP contribution in [0.1, 0.15) is 5.56 Å². The van der Waals surface area contributed by atoms with Gasteiger partial charge in [0.2, 0.25) is 0 Å². The molecule has 2 heterocycles. The molecule has 1 N–H and O–H groups in total. The number of carbonyl (C=O) groups is 1. The van der Waals surface area contributed by atoms with E-state index in [1.165, 1.54) is 16.2 Å². The highest BCUT2D eigenvalue weighted by Crippen LogP contribution is 2.20. The number of carboxylic acid groups (broad SMARTS) is 1. The van der Waals surface area contributed by atoms with Crippen molar-refractivity contribution in [1.82, 2.24) is 18.7 Å². The van der Waals surface area contributed by atoms with Crippen molar-refractivity contribution in [2.24, 2.45) is 14.1 Å². The second-order valence-corrected chi connectivity index (χ2v) is 7.05. The maximum atomic E-state index is 12.9. The summed E-state index contributed by atoms with van der Waals surface area (Å²) >= 11 is 6.86. The summed E-state index contributed by atoms with van der Waals surface area (Å²) < 4.78 is 3.93. The van der Waals surface area contributed by atoms with Crippen LogP contribution in [0.25, 0.3) is 11.2 Å². The summed E-state index contributed by atoms with van der Waals surface area (Å²) in [4.78, 5) is 40.5. The number of thioether (sulfide) groups is 1. The number of nitrogens with zero attached hydrogens (tertiary/aromatic N) is 4. The van der Waals surface area contributed by atoms with E-state index in [-0.39, 0.29) is 23.5 Å². The maximum Gasteiger partial charge on any atom is 0.332 e. The first kappa shape index (κ1) is 18.3. The molecule has 26 heavy (non-hydrogen) atoms. The number of aryl methyl sites for hydroxylation is 2. The minimum atomic E-state index is -0.990. The predicted octanol–water partition coefficient (Wildman–Crippen LogP) is 1.31. The standard InChI is InChI=1S/C16H15ClN4O4S/c1-19-12-13(18-15(19)26-8-11(22)23)20(2)16(25)21(14(12)24)7-9-3-5-10(17)6-4-9/h3-6H,7-8H2,1-2H3,(H,22,23). The van der Waals surface area contributed by atoms with Gasteiger partial charge < -0.3 is 9.67 Å². The quantitative estimate of drug-likeness (QED) is 0.655. The van der Waals surface area contributed by atoms with Crippen LogP contribution < -0.4 is 11.2 Å². The molecule has 0 saturated heterocycles. The molecule has 0 atom stereocenters. The van der Waals surface area contributed by atoms with Gasteiger partial charge in [-0.3, -0.25) is 18.7 Å². The number of hydrogen-bond acceptors (Lipinski definition) is 5. The van der Waals surface area contributed by atoms with E-state index in [2.05, 4.69) is 4.98 Å². The summed E-state index contributed by atoms with van der Waals surface area (Å²) in [6.45, 7) is 0.0986. The zero-order chi connectivity index (χ0) is 19.0. The van der Waals surface area contributed by atoms with Crippen molar-refractivity contribution in [3.05, 3.63) is 55.7 Å². The molecule has 8 nitrogen and oxygen atoms in total. The zero-order valence-electron chi connectivity index (χ0n) is 14.0. The van der Waals surface area contributed by atoms with Crippen LogP contribution in [0.2, 0.25) is 5.02 Å². The van der Waals surface area contributed by atoms with Crippen LogP contribution in [-0.2, 0) is 25.4 Å². The van der Waals surface area contributed by atoms with E-state index in [4.69, 9.17) is 16.7 Å². The second-order valence-electron chi connectivity index (χ2n) is 5.67. The normalized spacial score (nSPS) is 11.2. The summed E-state index contributed by atoms with van der Waals surface area (Å²) in [7, 11) is 3.15. The summed E-state index contributed by atoms with van der Waals surface area (Å²) in [5.41, 5.74) is 0.257. The summed E-state index contributed by atoms with van der Waals surface area (Å²) in [5, 5.41) is 9.76. The molecule has 3 aromatic rings. The van der Waals surface area contributed by atoms with Crippen molar-refractivity contribution in [3.8, 4) is 0 Å². The van der Waals surface area contributed by atoms with Crippen molar-refractivity contribution in [2.45, 2.75) is 11.7 Å². The van der Waals surface area contributed by atoms with Crippen LogP contribution in [-0.4, -0.2) is 35.5 Å². The predicted molar refractivity (Wildman–Crippen MR) is 99.1 cm³/mol. The zero-order valence-corrected chi connectivity index (χ0v) is 15.5. The number of carboxylic acids is 1. The largest absolute Gasteiger partial charge is 0.481 e. The molecule has 0 saturated carbocycles. The van der Waals surface area contributed by atoms with Crippen LogP contribution in [0.4, 0.5) is 0 Å². The topological polar surface area (TPSA) is 99.1 Å². The molecule has 10 heteroatoms. The van der Waals surface area contributed by atoms with E-state index in [1.807, 2.05) is 0 Å². The van der Waals surface area contributed by atoms with Gasteiger partial charge in [0.1, 0.15) is 0 Å². The monoisotopic (exact) mass is 394 g/mol. The lowest BCUT2D eigenvalue weighted by Gasteiger charge is -2.09. The fourth-order valence-corrected chi connectivity index (χ4v) is 3.41. The average molecular weight is 395 g/mol. The molecule has 0 radical (unpaired) electrons. The first-order valence-electron chi connectivity index (χ1n) is 7.55. The second kappa shape index (κ2) is 7.00. The first-order chi connectivity index (χ1) is 12.3. The number of rotatable bonds is 5. The molecular formula is C16H15ClN4O4S. The summed E-state index contributed by atoms with van der Waals surface area (Å²) in [6.07, 6.45) is 0. The number of fused-ring (bicyclic) bond motifs is 1. The fraction of sp³-hybridized carbons (Fsp3) is 0.250. The minimum Gasteiger partial charge on any atom is -0.481 e. The Kier molecular flexibility index (Phi) is 4.92. The van der Waals surface area contributed by atoms with Gasteiger partial charge in [0, 0.05) is 19.1 Å².